The molecule has 1 saturated heterocycles. The molecule has 1 fully saturated rings. The highest BCUT2D eigenvalue weighted by Gasteiger charge is 2.17. The van der Waals surface area contributed by atoms with Crippen LogP contribution in [0, 0.1) is 0 Å². The Balaban J connectivity index is 1.81. The topological polar surface area (TPSA) is 24.5 Å². The van der Waals surface area contributed by atoms with Crippen molar-refractivity contribution in [1.82, 2.24) is 10.2 Å². The van der Waals surface area contributed by atoms with Gasteiger partial charge in [-0.25, -0.2) is 0 Å². The van der Waals surface area contributed by atoms with Crippen molar-refractivity contribution in [2.24, 2.45) is 0 Å². The summed E-state index contributed by atoms with van der Waals surface area (Å²) in [5, 5.41) is 4.10. The molecule has 0 spiro atoms. The maximum Gasteiger partial charge on any atom is 0.133 e. The lowest BCUT2D eigenvalue weighted by Crippen LogP contribution is -2.50. The molecule has 0 saturated carbocycles. The fourth-order valence-corrected chi connectivity index (χ4v) is 2.88. The first-order chi connectivity index (χ1) is 8.66. The van der Waals surface area contributed by atoms with Gasteiger partial charge in [-0.1, -0.05) is 11.6 Å². The third kappa shape index (κ3) is 3.85. The zero-order valence-corrected chi connectivity index (χ0v) is 12.8. The van der Waals surface area contributed by atoms with Crippen molar-refractivity contribution in [2.45, 2.75) is 13.0 Å². The zero-order chi connectivity index (χ0) is 13.0. The standard InChI is InChI=1S/C13H18BrClN2O/c1-10-9-16-4-5-17(10)6-7-18-13-3-2-11(15)8-12(13)14/h2-3,8,10,16H,4-7,9H2,1H3. The molecule has 1 aromatic carbocycles. The van der Waals surface area contributed by atoms with Crippen LogP contribution in [0.3, 0.4) is 0 Å². The summed E-state index contributed by atoms with van der Waals surface area (Å²) in [6.45, 7) is 7.11. The van der Waals surface area contributed by atoms with Crippen molar-refractivity contribution in [2.75, 3.05) is 32.8 Å². The summed E-state index contributed by atoms with van der Waals surface area (Å²) in [5.74, 6) is 0.849. The minimum absolute atomic E-state index is 0.580. The van der Waals surface area contributed by atoms with Gasteiger partial charge in [-0.2, -0.15) is 0 Å². The summed E-state index contributed by atoms with van der Waals surface area (Å²) in [5.41, 5.74) is 0. The van der Waals surface area contributed by atoms with Crippen molar-refractivity contribution in [1.29, 1.82) is 0 Å². The van der Waals surface area contributed by atoms with Crippen LogP contribution in [0.2, 0.25) is 5.02 Å². The Morgan fingerprint density at radius 2 is 2.39 bits per heavy atom. The average Bonchev–Trinajstić information content (AvgIpc) is 2.34. The second-order valence-corrected chi connectivity index (χ2v) is 5.80. The van der Waals surface area contributed by atoms with E-state index in [9.17, 15) is 0 Å². The van der Waals surface area contributed by atoms with Crippen LogP contribution < -0.4 is 10.1 Å². The quantitative estimate of drug-likeness (QED) is 0.917. The first kappa shape index (κ1) is 14.1. The van der Waals surface area contributed by atoms with E-state index < -0.39 is 0 Å². The summed E-state index contributed by atoms with van der Waals surface area (Å²) in [7, 11) is 0. The lowest BCUT2D eigenvalue weighted by Gasteiger charge is -2.33. The number of ether oxygens (including phenoxy) is 1. The van der Waals surface area contributed by atoms with Gasteiger partial charge in [0.25, 0.3) is 0 Å². The minimum atomic E-state index is 0.580. The number of rotatable bonds is 4. The van der Waals surface area contributed by atoms with Crippen molar-refractivity contribution in [3.8, 4) is 5.75 Å². The molecule has 1 aliphatic heterocycles. The minimum Gasteiger partial charge on any atom is -0.491 e. The molecule has 18 heavy (non-hydrogen) atoms. The predicted octanol–water partition coefficient (Wildman–Crippen LogP) is 2.78. The van der Waals surface area contributed by atoms with Gasteiger partial charge in [0.15, 0.2) is 0 Å². The highest BCUT2D eigenvalue weighted by atomic mass is 79.9. The van der Waals surface area contributed by atoms with Crippen LogP contribution in [-0.4, -0.2) is 43.7 Å². The Morgan fingerprint density at radius 1 is 1.56 bits per heavy atom. The summed E-state index contributed by atoms with van der Waals surface area (Å²) in [4.78, 5) is 2.44. The fraction of sp³-hybridized carbons (Fsp3) is 0.538. The van der Waals surface area contributed by atoms with E-state index in [1.807, 2.05) is 18.2 Å². The Kier molecular flexibility index (Phi) is 5.30. The lowest BCUT2D eigenvalue weighted by atomic mass is 10.2. The van der Waals surface area contributed by atoms with Crippen LogP contribution in [0.15, 0.2) is 22.7 Å². The Bertz CT molecular complexity index is 403. The van der Waals surface area contributed by atoms with Gasteiger partial charge in [-0.15, -0.1) is 0 Å². The molecular formula is C13H18BrClN2O. The van der Waals surface area contributed by atoms with Crippen molar-refractivity contribution in [3.05, 3.63) is 27.7 Å². The number of piperazine rings is 1. The largest absolute Gasteiger partial charge is 0.491 e. The van der Waals surface area contributed by atoms with E-state index in [0.717, 1.165) is 36.4 Å². The first-order valence-corrected chi connectivity index (χ1v) is 7.36. The fourth-order valence-electron chi connectivity index (χ4n) is 2.08. The molecule has 1 atom stereocenters. The molecule has 1 aromatic rings. The maximum atomic E-state index is 5.89. The van der Waals surface area contributed by atoms with Gasteiger partial charge in [0.05, 0.1) is 4.47 Å². The predicted molar refractivity (Wildman–Crippen MR) is 78.6 cm³/mol. The molecule has 1 N–H and O–H groups in total. The molecule has 2 rings (SSSR count). The number of hydrogen-bond donors (Lipinski definition) is 1. The average molecular weight is 334 g/mol. The SMILES string of the molecule is CC1CNCCN1CCOc1ccc(Cl)cc1Br. The van der Waals surface area contributed by atoms with E-state index in [1.54, 1.807) is 0 Å². The van der Waals surface area contributed by atoms with Gasteiger partial charge in [-0.05, 0) is 41.1 Å². The normalized spacial score (nSPS) is 20.9. The van der Waals surface area contributed by atoms with Gasteiger partial charge in [0.1, 0.15) is 12.4 Å². The summed E-state index contributed by atoms with van der Waals surface area (Å²) in [6, 6.07) is 6.17. The number of nitrogens with one attached hydrogen (secondary N) is 1. The molecule has 5 heteroatoms. The molecule has 1 aliphatic rings. The number of benzene rings is 1. The first-order valence-electron chi connectivity index (χ1n) is 6.19. The zero-order valence-electron chi connectivity index (χ0n) is 10.5. The maximum absolute atomic E-state index is 5.89. The molecule has 100 valence electrons. The van der Waals surface area contributed by atoms with Crippen LogP contribution in [0.5, 0.6) is 5.75 Å². The van der Waals surface area contributed by atoms with Gasteiger partial charge in [0, 0.05) is 37.2 Å². The molecule has 3 nitrogen and oxygen atoms in total. The lowest BCUT2D eigenvalue weighted by molar-refractivity contribution is 0.143. The monoisotopic (exact) mass is 332 g/mol. The van der Waals surface area contributed by atoms with Gasteiger partial charge in [0.2, 0.25) is 0 Å². The van der Waals surface area contributed by atoms with E-state index >= 15 is 0 Å². The molecule has 0 aromatic heterocycles. The summed E-state index contributed by atoms with van der Waals surface area (Å²) in [6.07, 6.45) is 0. The molecule has 0 aliphatic carbocycles. The third-order valence-corrected chi connectivity index (χ3v) is 4.02. The van der Waals surface area contributed by atoms with Crippen LogP contribution in [-0.2, 0) is 0 Å². The van der Waals surface area contributed by atoms with E-state index in [-0.39, 0.29) is 0 Å². The Labute approximate surface area is 122 Å². The second-order valence-electron chi connectivity index (χ2n) is 4.51. The van der Waals surface area contributed by atoms with Gasteiger partial charge < -0.3 is 10.1 Å². The highest BCUT2D eigenvalue weighted by molar-refractivity contribution is 9.10. The van der Waals surface area contributed by atoms with Crippen molar-refractivity contribution in [3.63, 3.8) is 0 Å². The van der Waals surface area contributed by atoms with E-state index in [0.29, 0.717) is 17.7 Å². The van der Waals surface area contributed by atoms with E-state index in [4.69, 9.17) is 16.3 Å². The number of nitrogens with zero attached hydrogens (tertiary/aromatic N) is 1. The smallest absolute Gasteiger partial charge is 0.133 e. The number of halogens is 2. The highest BCUT2D eigenvalue weighted by Crippen LogP contribution is 2.27. The molecule has 1 heterocycles. The number of hydrogen-bond acceptors (Lipinski definition) is 3. The summed E-state index contributed by atoms with van der Waals surface area (Å²) < 4.78 is 6.68. The van der Waals surface area contributed by atoms with Crippen LogP contribution in [0.25, 0.3) is 0 Å². The Hall–Kier alpha value is -0.290. The van der Waals surface area contributed by atoms with Gasteiger partial charge >= 0.3 is 0 Å². The van der Waals surface area contributed by atoms with Crippen LogP contribution in [0.4, 0.5) is 0 Å². The molecule has 0 bridgehead atoms. The van der Waals surface area contributed by atoms with E-state index in [2.05, 4.69) is 33.1 Å². The molecule has 0 amide bonds. The van der Waals surface area contributed by atoms with Crippen molar-refractivity contribution >= 4 is 27.5 Å². The second kappa shape index (κ2) is 6.75. The third-order valence-electron chi connectivity index (χ3n) is 3.17. The molecular weight excluding hydrogens is 316 g/mol. The summed E-state index contributed by atoms with van der Waals surface area (Å²) >= 11 is 9.34. The van der Waals surface area contributed by atoms with Crippen molar-refractivity contribution < 1.29 is 4.74 Å². The Morgan fingerprint density at radius 3 is 3.11 bits per heavy atom. The van der Waals surface area contributed by atoms with Crippen LogP contribution >= 0.6 is 27.5 Å². The molecule has 1 unspecified atom stereocenters. The molecule has 0 radical (unpaired) electrons. The van der Waals surface area contributed by atoms with E-state index in [1.165, 1.54) is 0 Å². The van der Waals surface area contributed by atoms with Crippen LogP contribution in [0.1, 0.15) is 6.92 Å². The van der Waals surface area contributed by atoms with Gasteiger partial charge in [-0.3, -0.25) is 4.90 Å².